The molecule has 6 rings (SSSR count). The van der Waals surface area contributed by atoms with Gasteiger partial charge in [-0.15, -0.1) is 5.10 Å². The number of carbonyl (C=O) groups is 1. The first-order valence-electron chi connectivity index (χ1n) is 12.3. The molecule has 0 bridgehead atoms. The van der Waals surface area contributed by atoms with Crippen LogP contribution in [0.2, 0.25) is 0 Å². The van der Waals surface area contributed by atoms with Crippen LogP contribution in [0.5, 0.6) is 0 Å². The summed E-state index contributed by atoms with van der Waals surface area (Å²) in [7, 11) is -2.75. The third-order valence-corrected chi connectivity index (χ3v) is 9.09. The van der Waals surface area contributed by atoms with Gasteiger partial charge in [0.1, 0.15) is 11.5 Å². The molecular formula is C26H21F4N7O3S. The van der Waals surface area contributed by atoms with Gasteiger partial charge in [0.2, 0.25) is 5.03 Å². The summed E-state index contributed by atoms with van der Waals surface area (Å²) in [5, 5.41) is 11.8. The highest BCUT2D eigenvalue weighted by Crippen LogP contribution is 2.46. The number of rotatable bonds is 5. The van der Waals surface area contributed by atoms with Crippen molar-refractivity contribution >= 4 is 15.8 Å². The van der Waals surface area contributed by atoms with Crippen LogP contribution < -0.4 is 0 Å². The first-order valence-corrected chi connectivity index (χ1v) is 13.8. The maximum atomic E-state index is 14.2. The average Bonchev–Trinajstić information content (AvgIpc) is 3.57. The normalized spacial score (nSPS) is 19.4. The molecule has 0 radical (unpaired) electrons. The van der Waals surface area contributed by atoms with E-state index in [4.69, 9.17) is 0 Å². The van der Waals surface area contributed by atoms with Gasteiger partial charge in [-0.3, -0.25) is 9.78 Å². The zero-order valence-corrected chi connectivity index (χ0v) is 22.2. The predicted molar refractivity (Wildman–Crippen MR) is 135 cm³/mol. The molecule has 4 heterocycles. The number of pyridine rings is 1. The topological polar surface area (TPSA) is 116 Å². The van der Waals surface area contributed by atoms with Crippen LogP contribution >= 0.6 is 0 Å². The van der Waals surface area contributed by atoms with E-state index in [1.807, 2.05) is 0 Å². The Kier molecular flexibility index (Phi) is 6.19. The Morgan fingerprint density at radius 3 is 2.51 bits per heavy atom. The standard InChI is InChI=1S/C26H21F4N7O3S/c1-35-32-14-23(34-35)41(39,40)36-9-7-17-11-22-16(13-33-37(22)20-4-2-19(27)3-5-20)12-25(17,15-36)24(38)21-10-18(6-8-31-21)26(28,29)30/h2-8,10,13-14H,9,11-12,15H2,1H3/t25-/m0/s1. The van der Waals surface area contributed by atoms with Gasteiger partial charge in [0.25, 0.3) is 10.0 Å². The number of hydrogen-bond donors (Lipinski definition) is 0. The van der Waals surface area contributed by atoms with Crippen molar-refractivity contribution in [2.45, 2.75) is 24.0 Å². The van der Waals surface area contributed by atoms with Crippen molar-refractivity contribution in [2.75, 3.05) is 13.1 Å². The summed E-state index contributed by atoms with van der Waals surface area (Å²) in [4.78, 5) is 19.2. The zero-order chi connectivity index (χ0) is 29.2. The summed E-state index contributed by atoms with van der Waals surface area (Å²) in [6.45, 7) is -0.449. The second kappa shape index (κ2) is 9.41. The SMILES string of the molecule is Cn1ncc(S(=O)(=O)N2CC=C3Cc4c(cnn4-c4ccc(F)cc4)C[C@]3(C(=O)c3cc(C(F)(F)F)ccn3)C2)n1. The number of alkyl halides is 3. The highest BCUT2D eigenvalue weighted by molar-refractivity contribution is 7.89. The van der Waals surface area contributed by atoms with Crippen LogP contribution in [0, 0.1) is 11.2 Å². The summed E-state index contributed by atoms with van der Waals surface area (Å²) in [6.07, 6.45) is 0.540. The van der Waals surface area contributed by atoms with E-state index in [0.29, 0.717) is 28.6 Å². The number of ketones is 1. The fourth-order valence-corrected chi connectivity index (χ4v) is 6.70. The van der Waals surface area contributed by atoms with Crippen LogP contribution in [0.1, 0.15) is 27.3 Å². The van der Waals surface area contributed by atoms with Crippen LogP contribution in [0.3, 0.4) is 0 Å². The molecule has 1 aromatic carbocycles. The second-order valence-electron chi connectivity index (χ2n) is 9.90. The van der Waals surface area contributed by atoms with Crippen molar-refractivity contribution < 1.29 is 30.8 Å². The molecule has 0 saturated heterocycles. The van der Waals surface area contributed by atoms with E-state index in [9.17, 15) is 30.8 Å². The van der Waals surface area contributed by atoms with Crippen molar-refractivity contribution in [1.82, 2.24) is 34.1 Å². The smallest absolute Gasteiger partial charge is 0.291 e. The Morgan fingerprint density at radius 2 is 1.83 bits per heavy atom. The Morgan fingerprint density at radius 1 is 1.07 bits per heavy atom. The van der Waals surface area contributed by atoms with Crippen molar-refractivity contribution in [3.05, 3.63) is 95.0 Å². The lowest BCUT2D eigenvalue weighted by atomic mass is 9.65. The summed E-state index contributed by atoms with van der Waals surface area (Å²) in [5.74, 6) is -1.17. The fourth-order valence-electron chi connectivity index (χ4n) is 5.37. The Bertz CT molecular complexity index is 1810. The monoisotopic (exact) mass is 587 g/mol. The van der Waals surface area contributed by atoms with E-state index < -0.39 is 44.5 Å². The average molecular weight is 588 g/mol. The van der Waals surface area contributed by atoms with Crippen LogP contribution in [-0.4, -0.2) is 61.4 Å². The molecular weight excluding hydrogens is 566 g/mol. The Balaban J connectivity index is 1.46. The number of halogens is 4. The largest absolute Gasteiger partial charge is 0.416 e. The molecule has 10 nitrogen and oxygen atoms in total. The maximum Gasteiger partial charge on any atom is 0.416 e. The molecule has 1 aliphatic carbocycles. The summed E-state index contributed by atoms with van der Waals surface area (Å²) in [5.41, 5.74) is -0.622. The quantitative estimate of drug-likeness (QED) is 0.200. The van der Waals surface area contributed by atoms with Gasteiger partial charge in [0.15, 0.2) is 5.78 Å². The van der Waals surface area contributed by atoms with E-state index in [1.165, 1.54) is 25.4 Å². The lowest BCUT2D eigenvalue weighted by Crippen LogP contribution is -2.53. The van der Waals surface area contributed by atoms with Crippen molar-refractivity contribution in [3.8, 4) is 5.69 Å². The molecule has 2 aliphatic rings. The van der Waals surface area contributed by atoms with Crippen LogP contribution in [0.4, 0.5) is 17.6 Å². The van der Waals surface area contributed by atoms with Gasteiger partial charge in [-0.1, -0.05) is 11.6 Å². The van der Waals surface area contributed by atoms with E-state index in [1.54, 1.807) is 22.9 Å². The molecule has 3 aromatic heterocycles. The van der Waals surface area contributed by atoms with E-state index in [-0.39, 0.29) is 31.0 Å². The molecule has 212 valence electrons. The number of aryl methyl sites for hydroxylation is 1. The highest BCUT2D eigenvalue weighted by atomic mass is 32.2. The van der Waals surface area contributed by atoms with E-state index >= 15 is 0 Å². The number of carbonyl (C=O) groups excluding carboxylic acids is 1. The number of hydrogen-bond acceptors (Lipinski definition) is 7. The highest BCUT2D eigenvalue weighted by Gasteiger charge is 2.52. The first-order chi connectivity index (χ1) is 19.4. The minimum Gasteiger partial charge on any atom is -0.291 e. The van der Waals surface area contributed by atoms with Gasteiger partial charge >= 0.3 is 6.18 Å². The molecule has 41 heavy (non-hydrogen) atoms. The third kappa shape index (κ3) is 4.54. The number of benzene rings is 1. The molecule has 1 aliphatic heterocycles. The maximum absolute atomic E-state index is 14.2. The minimum absolute atomic E-state index is 0.0430. The molecule has 0 amide bonds. The second-order valence-corrected chi connectivity index (χ2v) is 11.8. The minimum atomic E-state index is -4.71. The molecule has 15 heteroatoms. The number of nitrogens with zero attached hydrogens (tertiary/aromatic N) is 7. The Labute approximate surface area is 231 Å². The summed E-state index contributed by atoms with van der Waals surface area (Å²) >= 11 is 0. The van der Waals surface area contributed by atoms with Crippen molar-refractivity contribution in [2.24, 2.45) is 12.5 Å². The van der Waals surface area contributed by atoms with Crippen molar-refractivity contribution in [3.63, 3.8) is 0 Å². The van der Waals surface area contributed by atoms with E-state index in [0.717, 1.165) is 27.6 Å². The molecule has 0 unspecified atom stereocenters. The molecule has 0 spiro atoms. The fraction of sp³-hybridized carbons (Fsp3) is 0.269. The zero-order valence-electron chi connectivity index (χ0n) is 21.4. The molecule has 0 N–H and O–H groups in total. The summed E-state index contributed by atoms with van der Waals surface area (Å²) < 4.78 is 83.7. The van der Waals surface area contributed by atoms with Gasteiger partial charge in [-0.25, -0.2) is 17.5 Å². The van der Waals surface area contributed by atoms with Crippen LogP contribution in [-0.2, 0) is 36.1 Å². The Hall–Kier alpha value is -4.24. The van der Waals surface area contributed by atoms with Gasteiger partial charge in [0, 0.05) is 32.8 Å². The molecule has 0 fully saturated rings. The van der Waals surface area contributed by atoms with Crippen LogP contribution in [0.25, 0.3) is 5.69 Å². The number of fused-ring (bicyclic) bond motifs is 2. The molecule has 1 atom stereocenters. The van der Waals surface area contributed by atoms with Crippen molar-refractivity contribution in [1.29, 1.82) is 0 Å². The lowest BCUT2D eigenvalue weighted by Gasteiger charge is -2.44. The van der Waals surface area contributed by atoms with Gasteiger partial charge < -0.3 is 0 Å². The van der Waals surface area contributed by atoms with E-state index in [2.05, 4.69) is 20.3 Å². The summed E-state index contributed by atoms with van der Waals surface area (Å²) in [6, 6.07) is 7.12. The van der Waals surface area contributed by atoms with Gasteiger partial charge in [-0.05, 0) is 48.4 Å². The van der Waals surface area contributed by atoms with Gasteiger partial charge in [-0.2, -0.15) is 32.5 Å². The number of sulfonamides is 1. The number of aromatic nitrogens is 6. The number of Topliss-reactive ketones (excluding diaryl/α,β-unsaturated/α-hetero) is 1. The predicted octanol–water partition coefficient (Wildman–Crippen LogP) is 3.15. The lowest BCUT2D eigenvalue weighted by molar-refractivity contribution is -0.137. The third-order valence-electron chi connectivity index (χ3n) is 7.42. The molecule has 4 aromatic rings. The van der Waals surface area contributed by atoms with Gasteiger partial charge in [0.05, 0.1) is 34.8 Å². The van der Waals surface area contributed by atoms with Crippen LogP contribution in [0.15, 0.2) is 71.7 Å². The molecule has 0 saturated carbocycles. The first kappa shape index (κ1) is 27.0.